The van der Waals surface area contributed by atoms with E-state index in [-0.39, 0.29) is 17.9 Å². The van der Waals surface area contributed by atoms with Crippen molar-refractivity contribution in [2.45, 2.75) is 57.7 Å². The van der Waals surface area contributed by atoms with Crippen LogP contribution in [-0.4, -0.2) is 34.7 Å². The van der Waals surface area contributed by atoms with Crippen molar-refractivity contribution in [2.24, 2.45) is 5.92 Å². The summed E-state index contributed by atoms with van der Waals surface area (Å²) in [4.78, 5) is 12.2. The van der Waals surface area contributed by atoms with Crippen LogP contribution in [0.4, 0.5) is 8.78 Å². The Balaban J connectivity index is 1.68. The first-order chi connectivity index (χ1) is 10.4. The van der Waals surface area contributed by atoms with Crippen LogP contribution in [0.2, 0.25) is 0 Å². The standard InChI is InChI=1S/C15H21F2N3O2/c1-8-6-11-12(9(2)22-8)19-20-13(11)14(21)18-7-15(16,17)10-4-3-5-10/h8-10H,3-7H2,1-2H3,(H,18,21)(H,19,20)/t8-,9+/m1/s1. The average Bonchev–Trinajstić information content (AvgIpc) is 2.77. The van der Waals surface area contributed by atoms with Gasteiger partial charge in [0, 0.05) is 17.9 Å². The minimum absolute atomic E-state index is 0.0249. The Morgan fingerprint density at radius 1 is 1.45 bits per heavy atom. The van der Waals surface area contributed by atoms with Gasteiger partial charge in [-0.05, 0) is 26.7 Å². The molecule has 1 aromatic rings. The van der Waals surface area contributed by atoms with Gasteiger partial charge in [0.2, 0.25) is 0 Å². The lowest BCUT2D eigenvalue weighted by Gasteiger charge is -2.33. The van der Waals surface area contributed by atoms with Crippen molar-refractivity contribution in [3.05, 3.63) is 17.0 Å². The van der Waals surface area contributed by atoms with Crippen LogP contribution in [0.5, 0.6) is 0 Å². The zero-order valence-electron chi connectivity index (χ0n) is 12.8. The van der Waals surface area contributed by atoms with Crippen LogP contribution in [0, 0.1) is 5.92 Å². The van der Waals surface area contributed by atoms with Crippen LogP contribution in [-0.2, 0) is 11.2 Å². The lowest BCUT2D eigenvalue weighted by Crippen LogP contribution is -2.44. The summed E-state index contributed by atoms with van der Waals surface area (Å²) in [6, 6.07) is 0. The molecule has 2 atom stereocenters. The first kappa shape index (κ1) is 15.4. The largest absolute Gasteiger partial charge is 0.369 e. The Bertz CT molecular complexity index is 569. The zero-order valence-corrected chi connectivity index (χ0v) is 12.8. The van der Waals surface area contributed by atoms with Crippen LogP contribution >= 0.6 is 0 Å². The maximum Gasteiger partial charge on any atom is 0.272 e. The molecule has 1 fully saturated rings. The summed E-state index contributed by atoms with van der Waals surface area (Å²) >= 11 is 0. The van der Waals surface area contributed by atoms with Gasteiger partial charge in [0.05, 0.1) is 24.4 Å². The molecule has 7 heteroatoms. The lowest BCUT2D eigenvalue weighted by molar-refractivity contribution is -0.0829. The number of nitrogens with one attached hydrogen (secondary N) is 2. The number of H-pyrrole nitrogens is 1. The molecule has 0 unspecified atom stereocenters. The van der Waals surface area contributed by atoms with Crippen molar-refractivity contribution in [1.29, 1.82) is 0 Å². The molecule has 0 aromatic carbocycles. The van der Waals surface area contributed by atoms with Gasteiger partial charge in [-0.15, -0.1) is 0 Å². The topological polar surface area (TPSA) is 67.0 Å². The fourth-order valence-electron chi connectivity index (χ4n) is 3.12. The number of carbonyl (C=O) groups is 1. The molecule has 0 saturated heterocycles. The number of nitrogens with zero attached hydrogens (tertiary/aromatic N) is 1. The van der Waals surface area contributed by atoms with E-state index in [0.29, 0.717) is 19.3 Å². The summed E-state index contributed by atoms with van der Waals surface area (Å²) in [5, 5.41) is 9.14. The van der Waals surface area contributed by atoms with Crippen molar-refractivity contribution in [3.63, 3.8) is 0 Å². The molecule has 2 aliphatic rings. The summed E-state index contributed by atoms with van der Waals surface area (Å²) in [5.74, 6) is -3.99. The molecule has 0 bridgehead atoms. The van der Waals surface area contributed by atoms with Crippen LogP contribution in [0.3, 0.4) is 0 Å². The number of rotatable bonds is 4. The normalized spacial score (nSPS) is 25.5. The quantitative estimate of drug-likeness (QED) is 0.898. The molecular formula is C15H21F2N3O2. The van der Waals surface area contributed by atoms with Crippen molar-refractivity contribution < 1.29 is 18.3 Å². The summed E-state index contributed by atoms with van der Waals surface area (Å²) in [5.41, 5.74) is 1.74. The summed E-state index contributed by atoms with van der Waals surface area (Å²) in [6.07, 6.45) is 2.27. The number of carbonyl (C=O) groups excluding carboxylic acids is 1. The van der Waals surface area contributed by atoms with E-state index in [9.17, 15) is 13.6 Å². The van der Waals surface area contributed by atoms with E-state index in [1.54, 1.807) is 0 Å². The number of hydrogen-bond donors (Lipinski definition) is 2. The fraction of sp³-hybridized carbons (Fsp3) is 0.733. The molecule has 5 nitrogen and oxygen atoms in total. The van der Waals surface area contributed by atoms with Crippen LogP contribution in [0.1, 0.15) is 61.0 Å². The predicted molar refractivity (Wildman–Crippen MR) is 75.9 cm³/mol. The van der Waals surface area contributed by atoms with E-state index in [0.717, 1.165) is 17.7 Å². The third kappa shape index (κ3) is 2.74. The molecule has 2 N–H and O–H groups in total. The highest BCUT2D eigenvalue weighted by molar-refractivity contribution is 5.94. The molecular weight excluding hydrogens is 292 g/mol. The third-order valence-electron chi connectivity index (χ3n) is 4.64. The molecule has 122 valence electrons. The second kappa shape index (κ2) is 5.61. The van der Waals surface area contributed by atoms with E-state index in [2.05, 4.69) is 15.5 Å². The van der Waals surface area contributed by atoms with E-state index in [4.69, 9.17) is 4.74 Å². The van der Waals surface area contributed by atoms with Crippen molar-refractivity contribution in [1.82, 2.24) is 15.5 Å². The highest BCUT2D eigenvalue weighted by Crippen LogP contribution is 2.39. The van der Waals surface area contributed by atoms with Gasteiger partial charge in [0.25, 0.3) is 11.8 Å². The van der Waals surface area contributed by atoms with Gasteiger partial charge in [-0.1, -0.05) is 6.42 Å². The monoisotopic (exact) mass is 313 g/mol. The van der Waals surface area contributed by atoms with Gasteiger partial charge in [0.15, 0.2) is 5.69 Å². The van der Waals surface area contributed by atoms with Crippen molar-refractivity contribution in [3.8, 4) is 0 Å². The molecule has 22 heavy (non-hydrogen) atoms. The highest BCUT2D eigenvalue weighted by Gasteiger charge is 2.43. The van der Waals surface area contributed by atoms with Gasteiger partial charge in [-0.2, -0.15) is 5.10 Å². The molecule has 3 rings (SSSR count). The number of fused-ring (bicyclic) bond motifs is 1. The van der Waals surface area contributed by atoms with Crippen LogP contribution < -0.4 is 5.32 Å². The number of alkyl halides is 2. The molecule has 1 saturated carbocycles. The smallest absolute Gasteiger partial charge is 0.272 e. The minimum atomic E-state index is -2.84. The van der Waals surface area contributed by atoms with Gasteiger partial charge in [0.1, 0.15) is 0 Å². The molecule has 1 aromatic heterocycles. The van der Waals surface area contributed by atoms with Gasteiger partial charge < -0.3 is 10.1 Å². The fourth-order valence-corrected chi connectivity index (χ4v) is 3.12. The number of aromatic amines is 1. The van der Waals surface area contributed by atoms with Crippen molar-refractivity contribution >= 4 is 5.91 Å². The first-order valence-electron chi connectivity index (χ1n) is 7.77. The number of hydrogen-bond acceptors (Lipinski definition) is 3. The van der Waals surface area contributed by atoms with Crippen molar-refractivity contribution in [2.75, 3.05) is 6.54 Å². The average molecular weight is 313 g/mol. The Hall–Kier alpha value is -1.50. The first-order valence-corrected chi connectivity index (χ1v) is 7.77. The van der Waals surface area contributed by atoms with E-state index in [1.165, 1.54) is 0 Å². The van der Waals surface area contributed by atoms with E-state index in [1.807, 2.05) is 13.8 Å². The summed E-state index contributed by atoms with van der Waals surface area (Å²) in [6.45, 7) is 3.16. The Kier molecular flexibility index (Phi) is 3.92. The third-order valence-corrected chi connectivity index (χ3v) is 4.64. The maximum atomic E-state index is 13.9. The SMILES string of the molecule is C[C@@H]1Cc2c(C(=O)NCC(F)(F)C3CCC3)n[nH]c2[C@H](C)O1. The molecule has 1 aliphatic carbocycles. The Morgan fingerprint density at radius 3 is 2.82 bits per heavy atom. The maximum absolute atomic E-state index is 13.9. The van der Waals surface area contributed by atoms with Crippen LogP contribution in [0.25, 0.3) is 0 Å². The predicted octanol–water partition coefficient (Wildman–Crippen LogP) is 2.60. The Morgan fingerprint density at radius 2 is 2.18 bits per heavy atom. The van der Waals surface area contributed by atoms with E-state index < -0.39 is 24.3 Å². The second-order valence-corrected chi connectivity index (χ2v) is 6.33. The second-order valence-electron chi connectivity index (χ2n) is 6.33. The zero-order chi connectivity index (χ0) is 15.9. The highest BCUT2D eigenvalue weighted by atomic mass is 19.3. The molecule has 0 spiro atoms. The van der Waals surface area contributed by atoms with Crippen LogP contribution in [0.15, 0.2) is 0 Å². The summed E-state index contributed by atoms with van der Waals surface area (Å²) < 4.78 is 33.4. The lowest BCUT2D eigenvalue weighted by atomic mass is 9.80. The van der Waals surface area contributed by atoms with Gasteiger partial charge in [-0.3, -0.25) is 9.89 Å². The Labute approximate surface area is 127 Å². The van der Waals surface area contributed by atoms with Gasteiger partial charge in [-0.25, -0.2) is 8.78 Å². The molecule has 2 heterocycles. The molecule has 1 aliphatic heterocycles. The number of aromatic nitrogens is 2. The molecule has 1 amide bonds. The molecule has 0 radical (unpaired) electrons. The number of amides is 1. The minimum Gasteiger partial charge on any atom is -0.369 e. The number of halogens is 2. The number of ether oxygens (including phenoxy) is 1. The van der Waals surface area contributed by atoms with E-state index >= 15 is 0 Å². The summed E-state index contributed by atoms with van der Waals surface area (Å²) in [7, 11) is 0. The van der Waals surface area contributed by atoms with Gasteiger partial charge >= 0.3 is 0 Å².